The molecule has 0 saturated carbocycles. The van der Waals surface area contributed by atoms with Crippen LogP contribution in [-0.4, -0.2) is 6.61 Å². The minimum Gasteiger partial charge on any atom is -0.490 e. The van der Waals surface area contributed by atoms with E-state index in [1.165, 1.54) is 12.1 Å². The third-order valence-corrected chi connectivity index (χ3v) is 4.70. The van der Waals surface area contributed by atoms with E-state index in [4.69, 9.17) is 21.1 Å². The van der Waals surface area contributed by atoms with Gasteiger partial charge in [0.05, 0.1) is 23.3 Å². The number of rotatable bonds is 7. The number of nitrogens with zero attached hydrogens (tertiary/aromatic N) is 1. The van der Waals surface area contributed by atoms with Gasteiger partial charge in [0, 0.05) is 0 Å². The first-order chi connectivity index (χ1) is 14.5. The predicted octanol–water partition coefficient (Wildman–Crippen LogP) is 6.83. The standard InChI is InChI=1S/C25H21ClFNO2/c1-3-29-24-14-19(12-21(15-28)20-8-4-17(2)5-9-20)13-23(26)25(24)30-16-18-6-10-22(27)11-7-18/h4-14H,3,16H2,1-2H3/b21-12-. The van der Waals surface area contributed by atoms with Gasteiger partial charge in [-0.25, -0.2) is 4.39 Å². The smallest absolute Gasteiger partial charge is 0.180 e. The summed E-state index contributed by atoms with van der Waals surface area (Å²) in [6.07, 6.45) is 1.77. The van der Waals surface area contributed by atoms with Crippen LogP contribution >= 0.6 is 11.6 Å². The van der Waals surface area contributed by atoms with E-state index in [2.05, 4.69) is 6.07 Å². The molecule has 0 heterocycles. The topological polar surface area (TPSA) is 42.2 Å². The van der Waals surface area contributed by atoms with E-state index < -0.39 is 0 Å². The second kappa shape index (κ2) is 9.96. The number of hydrogen-bond donors (Lipinski definition) is 0. The normalized spacial score (nSPS) is 11.1. The van der Waals surface area contributed by atoms with Gasteiger partial charge in [-0.3, -0.25) is 0 Å². The molecule has 0 spiro atoms. The fourth-order valence-electron chi connectivity index (χ4n) is 2.89. The first-order valence-corrected chi connectivity index (χ1v) is 9.90. The largest absolute Gasteiger partial charge is 0.490 e. The van der Waals surface area contributed by atoms with Gasteiger partial charge in [0.1, 0.15) is 12.4 Å². The van der Waals surface area contributed by atoms with Crippen molar-refractivity contribution in [3.05, 3.63) is 93.8 Å². The zero-order valence-electron chi connectivity index (χ0n) is 16.8. The Labute approximate surface area is 180 Å². The maximum Gasteiger partial charge on any atom is 0.180 e. The summed E-state index contributed by atoms with van der Waals surface area (Å²) >= 11 is 6.48. The van der Waals surface area contributed by atoms with Crippen LogP contribution < -0.4 is 9.47 Å². The summed E-state index contributed by atoms with van der Waals surface area (Å²) in [6.45, 7) is 4.52. The van der Waals surface area contributed by atoms with Crippen LogP contribution in [0.3, 0.4) is 0 Å². The summed E-state index contributed by atoms with van der Waals surface area (Å²) in [4.78, 5) is 0. The molecule has 0 atom stereocenters. The summed E-state index contributed by atoms with van der Waals surface area (Å²) in [5.41, 5.74) is 4.02. The molecule has 0 N–H and O–H groups in total. The van der Waals surface area contributed by atoms with Gasteiger partial charge in [-0.15, -0.1) is 0 Å². The molecule has 30 heavy (non-hydrogen) atoms. The van der Waals surface area contributed by atoms with Gasteiger partial charge >= 0.3 is 0 Å². The summed E-state index contributed by atoms with van der Waals surface area (Å²) < 4.78 is 24.7. The second-order valence-corrected chi connectivity index (χ2v) is 7.12. The van der Waals surface area contributed by atoms with Crippen LogP contribution in [0.15, 0.2) is 60.7 Å². The summed E-state index contributed by atoms with van der Waals surface area (Å²) in [7, 11) is 0. The summed E-state index contributed by atoms with van der Waals surface area (Å²) in [6, 6.07) is 19.6. The predicted molar refractivity (Wildman–Crippen MR) is 118 cm³/mol. The molecule has 0 unspecified atom stereocenters. The van der Waals surface area contributed by atoms with Crippen LogP contribution in [0, 0.1) is 24.1 Å². The Bertz CT molecular complexity index is 1080. The van der Waals surface area contributed by atoms with E-state index in [1.807, 2.05) is 38.1 Å². The minimum absolute atomic E-state index is 0.224. The van der Waals surface area contributed by atoms with Crippen molar-refractivity contribution in [2.75, 3.05) is 6.61 Å². The van der Waals surface area contributed by atoms with Gasteiger partial charge in [0.15, 0.2) is 11.5 Å². The van der Waals surface area contributed by atoms with Crippen molar-refractivity contribution < 1.29 is 13.9 Å². The molecular formula is C25H21ClFNO2. The number of ether oxygens (including phenoxy) is 2. The molecule has 0 aliphatic rings. The molecule has 0 aromatic heterocycles. The van der Waals surface area contributed by atoms with Gasteiger partial charge in [0.25, 0.3) is 0 Å². The van der Waals surface area contributed by atoms with Crippen LogP contribution in [0.2, 0.25) is 5.02 Å². The second-order valence-electron chi connectivity index (χ2n) is 6.71. The molecular weight excluding hydrogens is 401 g/mol. The average molecular weight is 422 g/mol. The molecule has 3 rings (SSSR count). The molecule has 0 fully saturated rings. The van der Waals surface area contributed by atoms with E-state index in [-0.39, 0.29) is 12.4 Å². The van der Waals surface area contributed by atoms with E-state index in [9.17, 15) is 9.65 Å². The Hall–Kier alpha value is -3.29. The van der Waals surface area contributed by atoms with Crippen molar-refractivity contribution in [2.24, 2.45) is 0 Å². The third kappa shape index (κ3) is 5.40. The average Bonchev–Trinajstić information content (AvgIpc) is 2.73. The van der Waals surface area contributed by atoms with Gasteiger partial charge < -0.3 is 9.47 Å². The Morgan fingerprint density at radius 1 is 1.07 bits per heavy atom. The number of benzene rings is 3. The molecule has 0 radical (unpaired) electrons. The number of nitriles is 1. The van der Waals surface area contributed by atoms with Crippen LogP contribution in [0.5, 0.6) is 11.5 Å². The van der Waals surface area contributed by atoms with Crippen molar-refractivity contribution in [3.8, 4) is 17.6 Å². The zero-order chi connectivity index (χ0) is 21.5. The van der Waals surface area contributed by atoms with Gasteiger partial charge in [-0.05, 0) is 60.9 Å². The highest BCUT2D eigenvalue weighted by molar-refractivity contribution is 6.32. The molecule has 0 aliphatic heterocycles. The lowest BCUT2D eigenvalue weighted by Crippen LogP contribution is -2.01. The van der Waals surface area contributed by atoms with Gasteiger partial charge in [0.2, 0.25) is 0 Å². The van der Waals surface area contributed by atoms with Crippen molar-refractivity contribution in [3.63, 3.8) is 0 Å². The number of aryl methyl sites for hydroxylation is 1. The Balaban J connectivity index is 1.90. The van der Waals surface area contributed by atoms with Crippen LogP contribution in [0.1, 0.15) is 29.2 Å². The van der Waals surface area contributed by atoms with Crippen LogP contribution in [-0.2, 0) is 6.61 Å². The molecule has 152 valence electrons. The van der Waals surface area contributed by atoms with Crippen molar-refractivity contribution in [1.29, 1.82) is 5.26 Å². The fraction of sp³-hybridized carbons (Fsp3) is 0.160. The number of hydrogen-bond acceptors (Lipinski definition) is 3. The van der Waals surface area contributed by atoms with Crippen LogP contribution in [0.4, 0.5) is 4.39 Å². The van der Waals surface area contributed by atoms with Gasteiger partial charge in [-0.2, -0.15) is 5.26 Å². The lowest BCUT2D eigenvalue weighted by molar-refractivity contribution is 0.269. The van der Waals surface area contributed by atoms with E-state index in [0.29, 0.717) is 28.7 Å². The van der Waals surface area contributed by atoms with Crippen LogP contribution in [0.25, 0.3) is 11.6 Å². The van der Waals surface area contributed by atoms with Crippen molar-refractivity contribution >= 4 is 23.3 Å². The lowest BCUT2D eigenvalue weighted by Gasteiger charge is -2.15. The lowest BCUT2D eigenvalue weighted by atomic mass is 10.0. The Kier molecular flexibility index (Phi) is 7.11. The highest BCUT2D eigenvalue weighted by atomic mass is 35.5. The minimum atomic E-state index is -0.301. The first kappa shape index (κ1) is 21.4. The maximum atomic E-state index is 13.1. The highest BCUT2D eigenvalue weighted by Crippen LogP contribution is 2.38. The van der Waals surface area contributed by atoms with E-state index >= 15 is 0 Å². The van der Waals surface area contributed by atoms with E-state index in [0.717, 1.165) is 22.3 Å². The Morgan fingerprint density at radius 2 is 1.77 bits per heavy atom. The third-order valence-electron chi connectivity index (χ3n) is 4.42. The fourth-order valence-corrected chi connectivity index (χ4v) is 3.16. The molecule has 5 heteroatoms. The molecule has 0 saturated heterocycles. The monoisotopic (exact) mass is 421 g/mol. The Morgan fingerprint density at radius 3 is 2.40 bits per heavy atom. The summed E-state index contributed by atoms with van der Waals surface area (Å²) in [5, 5.41) is 9.97. The van der Waals surface area contributed by atoms with E-state index in [1.54, 1.807) is 30.3 Å². The molecule has 3 aromatic carbocycles. The van der Waals surface area contributed by atoms with Crippen molar-refractivity contribution in [1.82, 2.24) is 0 Å². The first-order valence-electron chi connectivity index (χ1n) is 9.52. The molecule has 0 amide bonds. The maximum absolute atomic E-state index is 13.1. The number of halogens is 2. The number of allylic oxidation sites excluding steroid dienone is 1. The zero-order valence-corrected chi connectivity index (χ0v) is 17.5. The SMILES string of the molecule is CCOc1cc(/C=C(/C#N)c2ccc(C)cc2)cc(Cl)c1OCc1ccc(F)cc1. The quantitative estimate of drug-likeness (QED) is 0.310. The molecule has 0 aliphatic carbocycles. The molecule has 0 bridgehead atoms. The van der Waals surface area contributed by atoms with Gasteiger partial charge in [-0.1, -0.05) is 53.6 Å². The molecule has 3 aromatic rings. The summed E-state index contributed by atoms with van der Waals surface area (Å²) in [5.74, 6) is 0.596. The van der Waals surface area contributed by atoms with Crippen molar-refractivity contribution in [2.45, 2.75) is 20.5 Å². The molecule has 3 nitrogen and oxygen atoms in total. The highest BCUT2D eigenvalue weighted by Gasteiger charge is 2.13.